The van der Waals surface area contributed by atoms with E-state index in [0.717, 1.165) is 11.1 Å². The molecule has 2 aromatic carbocycles. The highest BCUT2D eigenvalue weighted by molar-refractivity contribution is 5.87. The van der Waals surface area contributed by atoms with Gasteiger partial charge in [-0.1, -0.05) is 42.5 Å². The molecule has 0 radical (unpaired) electrons. The summed E-state index contributed by atoms with van der Waals surface area (Å²) in [5.41, 5.74) is 2.30. The maximum Gasteiger partial charge on any atom is 0.335 e. The number of nitrogens with zero attached hydrogens (tertiary/aromatic N) is 1. The number of aromatic carboxylic acids is 1. The van der Waals surface area contributed by atoms with E-state index in [9.17, 15) is 9.59 Å². The van der Waals surface area contributed by atoms with Gasteiger partial charge in [-0.3, -0.25) is 4.79 Å². The highest BCUT2D eigenvalue weighted by atomic mass is 16.5. The van der Waals surface area contributed by atoms with Crippen LogP contribution in [0.3, 0.4) is 0 Å². The van der Waals surface area contributed by atoms with E-state index in [4.69, 9.17) is 9.84 Å². The van der Waals surface area contributed by atoms with Gasteiger partial charge in [0, 0.05) is 13.0 Å². The zero-order valence-electron chi connectivity index (χ0n) is 13.9. The first-order valence-electron chi connectivity index (χ1n) is 8.39. The number of carboxylic acids is 1. The van der Waals surface area contributed by atoms with Crippen LogP contribution in [0.4, 0.5) is 0 Å². The third kappa shape index (κ3) is 4.25. The number of benzene rings is 2. The molecule has 0 aromatic heterocycles. The average Bonchev–Trinajstić information content (AvgIpc) is 2.67. The van der Waals surface area contributed by atoms with Crippen LogP contribution in [-0.4, -0.2) is 41.6 Å². The van der Waals surface area contributed by atoms with Gasteiger partial charge >= 0.3 is 5.97 Å². The molecule has 0 bridgehead atoms. The first kappa shape index (κ1) is 17.2. The molecule has 5 heteroatoms. The van der Waals surface area contributed by atoms with Gasteiger partial charge in [0.1, 0.15) is 0 Å². The van der Waals surface area contributed by atoms with Gasteiger partial charge in [0.2, 0.25) is 5.91 Å². The summed E-state index contributed by atoms with van der Waals surface area (Å²) in [6.07, 6.45) is 0.993. The van der Waals surface area contributed by atoms with Gasteiger partial charge in [-0.2, -0.15) is 0 Å². The molecule has 5 nitrogen and oxygen atoms in total. The van der Waals surface area contributed by atoms with Crippen molar-refractivity contribution in [2.75, 3.05) is 19.8 Å². The Morgan fingerprint density at radius 2 is 1.80 bits per heavy atom. The fourth-order valence-electron chi connectivity index (χ4n) is 3.06. The molecular formula is C20H21NO4. The second kappa shape index (κ2) is 7.94. The molecule has 0 aliphatic carbocycles. The molecule has 1 saturated heterocycles. The van der Waals surface area contributed by atoms with Crippen molar-refractivity contribution in [3.8, 4) is 0 Å². The lowest BCUT2D eigenvalue weighted by atomic mass is 10.0. The summed E-state index contributed by atoms with van der Waals surface area (Å²) in [5.74, 6) is -0.846. The van der Waals surface area contributed by atoms with Gasteiger partial charge in [0.25, 0.3) is 0 Å². The number of carbonyl (C=O) groups is 2. The summed E-state index contributed by atoms with van der Waals surface area (Å²) in [4.78, 5) is 25.5. The van der Waals surface area contributed by atoms with Crippen molar-refractivity contribution in [2.45, 2.75) is 18.9 Å². The molecule has 1 aliphatic heterocycles. The predicted octanol–water partition coefficient (Wildman–Crippen LogP) is 2.92. The van der Waals surface area contributed by atoms with E-state index in [1.54, 1.807) is 24.3 Å². The molecule has 1 atom stereocenters. The third-order valence-corrected chi connectivity index (χ3v) is 4.46. The van der Waals surface area contributed by atoms with E-state index in [1.165, 1.54) is 0 Å². The van der Waals surface area contributed by atoms with Crippen molar-refractivity contribution in [1.82, 2.24) is 4.90 Å². The first-order valence-corrected chi connectivity index (χ1v) is 8.39. The summed E-state index contributed by atoms with van der Waals surface area (Å²) in [6, 6.07) is 16.6. The molecule has 130 valence electrons. The highest BCUT2D eigenvalue weighted by Gasteiger charge is 2.28. The Morgan fingerprint density at radius 1 is 1.08 bits per heavy atom. The van der Waals surface area contributed by atoms with E-state index in [0.29, 0.717) is 32.6 Å². The van der Waals surface area contributed by atoms with E-state index in [1.807, 2.05) is 35.2 Å². The lowest BCUT2D eigenvalue weighted by Gasteiger charge is -2.36. The normalized spacial score (nSPS) is 17.3. The van der Waals surface area contributed by atoms with Crippen molar-refractivity contribution in [3.05, 3.63) is 71.3 Å². The molecular weight excluding hydrogens is 318 g/mol. The number of ether oxygens (including phenoxy) is 1. The van der Waals surface area contributed by atoms with Gasteiger partial charge < -0.3 is 14.7 Å². The van der Waals surface area contributed by atoms with Crippen LogP contribution in [0.15, 0.2) is 54.6 Å². The van der Waals surface area contributed by atoms with Gasteiger partial charge in [0.15, 0.2) is 0 Å². The number of hydrogen-bond donors (Lipinski definition) is 1. The quantitative estimate of drug-likeness (QED) is 0.909. The SMILES string of the molecule is O=C(O)c1ccc(CCC(=O)N2CCOCC2c2ccccc2)cc1. The number of morpholine rings is 1. The van der Waals surface area contributed by atoms with E-state index >= 15 is 0 Å². The van der Waals surface area contributed by atoms with E-state index < -0.39 is 5.97 Å². The van der Waals surface area contributed by atoms with Gasteiger partial charge in [-0.15, -0.1) is 0 Å². The fraction of sp³-hybridized carbons (Fsp3) is 0.300. The molecule has 0 saturated carbocycles. The Morgan fingerprint density at radius 3 is 2.48 bits per heavy atom. The second-order valence-electron chi connectivity index (χ2n) is 6.09. The first-order chi connectivity index (χ1) is 12.1. The van der Waals surface area contributed by atoms with Crippen LogP contribution in [-0.2, 0) is 16.0 Å². The van der Waals surface area contributed by atoms with Gasteiger partial charge in [0.05, 0.1) is 24.8 Å². The summed E-state index contributed by atoms with van der Waals surface area (Å²) in [5, 5.41) is 8.93. The molecule has 0 spiro atoms. The number of rotatable bonds is 5. The van der Waals surface area contributed by atoms with Crippen molar-refractivity contribution in [2.24, 2.45) is 0 Å². The number of carbonyl (C=O) groups excluding carboxylic acids is 1. The largest absolute Gasteiger partial charge is 0.478 e. The Labute approximate surface area is 146 Å². The Balaban J connectivity index is 1.63. The van der Waals surface area contributed by atoms with Crippen LogP contribution in [0.25, 0.3) is 0 Å². The maximum atomic E-state index is 12.7. The average molecular weight is 339 g/mol. The van der Waals surface area contributed by atoms with Gasteiger partial charge in [-0.05, 0) is 29.7 Å². The molecule has 1 unspecified atom stereocenters. The number of hydrogen-bond acceptors (Lipinski definition) is 3. The minimum absolute atomic E-state index is 0.0446. The van der Waals surface area contributed by atoms with Crippen molar-refractivity contribution < 1.29 is 19.4 Å². The maximum absolute atomic E-state index is 12.7. The molecule has 2 aromatic rings. The molecule has 1 amide bonds. The lowest BCUT2D eigenvalue weighted by molar-refractivity contribution is -0.140. The van der Waals surface area contributed by atoms with Crippen LogP contribution in [0.1, 0.15) is 33.9 Å². The van der Waals surface area contributed by atoms with E-state index in [2.05, 4.69) is 0 Å². The third-order valence-electron chi connectivity index (χ3n) is 4.46. The van der Waals surface area contributed by atoms with Crippen molar-refractivity contribution >= 4 is 11.9 Å². The predicted molar refractivity (Wildman–Crippen MR) is 93.4 cm³/mol. The number of aryl methyl sites for hydroxylation is 1. The summed E-state index contributed by atoms with van der Waals surface area (Å²) in [7, 11) is 0. The minimum Gasteiger partial charge on any atom is -0.478 e. The molecule has 1 fully saturated rings. The summed E-state index contributed by atoms with van der Waals surface area (Å²) < 4.78 is 5.57. The zero-order chi connectivity index (χ0) is 17.6. The second-order valence-corrected chi connectivity index (χ2v) is 6.09. The van der Waals surface area contributed by atoms with Gasteiger partial charge in [-0.25, -0.2) is 4.79 Å². The van der Waals surface area contributed by atoms with Crippen LogP contribution >= 0.6 is 0 Å². The summed E-state index contributed by atoms with van der Waals surface area (Å²) >= 11 is 0. The smallest absolute Gasteiger partial charge is 0.335 e. The highest BCUT2D eigenvalue weighted by Crippen LogP contribution is 2.25. The Bertz CT molecular complexity index is 727. The molecule has 25 heavy (non-hydrogen) atoms. The fourth-order valence-corrected chi connectivity index (χ4v) is 3.06. The van der Waals surface area contributed by atoms with E-state index in [-0.39, 0.29) is 17.5 Å². The molecule has 3 rings (SSSR count). The van der Waals surface area contributed by atoms with Crippen LogP contribution in [0.2, 0.25) is 0 Å². The lowest BCUT2D eigenvalue weighted by Crippen LogP contribution is -2.43. The Hall–Kier alpha value is -2.66. The number of amides is 1. The summed E-state index contributed by atoms with van der Waals surface area (Å²) in [6.45, 7) is 1.67. The Kier molecular flexibility index (Phi) is 5.46. The standard InChI is InChI=1S/C20H21NO4/c22-19(11-8-15-6-9-17(10-7-15)20(23)24)21-12-13-25-14-18(21)16-4-2-1-3-5-16/h1-7,9-10,18H,8,11-14H2,(H,23,24). The molecule has 1 heterocycles. The van der Waals surface area contributed by atoms with Crippen molar-refractivity contribution in [1.29, 1.82) is 0 Å². The molecule has 1 N–H and O–H groups in total. The van der Waals surface area contributed by atoms with Crippen molar-refractivity contribution in [3.63, 3.8) is 0 Å². The van der Waals surface area contributed by atoms with Crippen LogP contribution in [0.5, 0.6) is 0 Å². The minimum atomic E-state index is -0.943. The van der Waals surface area contributed by atoms with Crippen LogP contribution in [0, 0.1) is 0 Å². The number of carboxylic acid groups (broad SMARTS) is 1. The zero-order valence-corrected chi connectivity index (χ0v) is 13.9. The topological polar surface area (TPSA) is 66.8 Å². The van der Waals surface area contributed by atoms with Crippen LogP contribution < -0.4 is 0 Å². The monoisotopic (exact) mass is 339 g/mol. The molecule has 1 aliphatic rings.